The topological polar surface area (TPSA) is 168 Å². The van der Waals surface area contributed by atoms with E-state index in [2.05, 4.69) is 10.6 Å². The summed E-state index contributed by atoms with van der Waals surface area (Å²) >= 11 is 0. The molecule has 0 aromatic heterocycles. The predicted octanol–water partition coefficient (Wildman–Crippen LogP) is 3.55. The van der Waals surface area contributed by atoms with Gasteiger partial charge in [-0.05, 0) is 77.5 Å². The maximum absolute atomic E-state index is 14.5. The molecule has 0 spiro atoms. The first kappa shape index (κ1) is 35.6. The fourth-order valence-electron chi connectivity index (χ4n) is 4.73. The smallest absolute Gasteiger partial charge is 0.315 e. The number of benzene rings is 2. The maximum atomic E-state index is 14.5. The Morgan fingerprint density at radius 1 is 0.860 bits per heavy atom. The summed E-state index contributed by atoms with van der Waals surface area (Å²) in [5.74, 6) is -2.51. The SMILES string of the molecule is CC(C)CC(N)C(=O)c1ccccc1N(C(=O)C(C)NC(=O)NC(C)(C)C)C(=O)[C@H](Cc1ccccc1)C[C@H](O)[C@H](C)N. The Morgan fingerprint density at radius 3 is 2.00 bits per heavy atom. The summed E-state index contributed by atoms with van der Waals surface area (Å²) in [4.78, 5) is 55.8. The van der Waals surface area contributed by atoms with Gasteiger partial charge in [0.15, 0.2) is 5.78 Å². The lowest BCUT2D eigenvalue weighted by molar-refractivity contribution is -0.130. The molecule has 0 saturated carbocycles. The van der Waals surface area contributed by atoms with Crippen LogP contribution < -0.4 is 27.0 Å². The van der Waals surface area contributed by atoms with E-state index in [1.165, 1.54) is 13.0 Å². The molecule has 10 nitrogen and oxygen atoms in total. The van der Waals surface area contributed by atoms with Gasteiger partial charge in [-0.15, -0.1) is 0 Å². The van der Waals surface area contributed by atoms with Crippen molar-refractivity contribution in [2.45, 2.75) is 97.5 Å². The van der Waals surface area contributed by atoms with E-state index in [0.29, 0.717) is 6.42 Å². The number of Topliss-reactive ketones (excluding diaryl/α,β-unsaturated/α-hetero) is 1. The summed E-state index contributed by atoms with van der Waals surface area (Å²) in [6, 6.07) is 12.4. The van der Waals surface area contributed by atoms with Crippen LogP contribution in [0.4, 0.5) is 10.5 Å². The van der Waals surface area contributed by atoms with Crippen molar-refractivity contribution in [2.24, 2.45) is 23.3 Å². The van der Waals surface area contributed by atoms with Crippen LogP contribution in [-0.4, -0.2) is 58.5 Å². The van der Waals surface area contributed by atoms with E-state index in [0.717, 1.165) is 10.5 Å². The number of hydrogen-bond acceptors (Lipinski definition) is 7. The van der Waals surface area contributed by atoms with E-state index in [9.17, 15) is 24.3 Å². The third-order valence-corrected chi connectivity index (χ3v) is 6.93. The fraction of sp³-hybridized carbons (Fsp3) is 0.515. The average molecular weight is 596 g/mol. The Hall–Kier alpha value is -3.60. The van der Waals surface area contributed by atoms with Crippen molar-refractivity contribution in [3.05, 3.63) is 65.7 Å². The van der Waals surface area contributed by atoms with Crippen molar-refractivity contribution in [2.75, 3.05) is 4.90 Å². The second kappa shape index (κ2) is 15.7. The number of para-hydroxylation sites is 1. The lowest BCUT2D eigenvalue weighted by atomic mass is 9.89. The van der Waals surface area contributed by atoms with Crippen molar-refractivity contribution in [1.29, 1.82) is 0 Å². The standard InChI is InChI=1S/C33H49N5O5/c1-20(2)17-26(35)29(40)25-15-11-12-16-27(25)38(30(41)22(4)36-32(43)37-33(5,6)7)31(42)24(19-28(39)21(3)34)18-23-13-9-8-10-14-23/h8-16,20-22,24,26,28,39H,17-19,34-35H2,1-7H3,(H2,36,37,43)/t21-,22?,24+,26?,28-/m0/s1. The Bertz CT molecular complexity index is 1240. The first-order valence-corrected chi connectivity index (χ1v) is 14.8. The van der Waals surface area contributed by atoms with E-state index in [1.807, 2.05) is 44.2 Å². The zero-order valence-electron chi connectivity index (χ0n) is 26.5. The maximum Gasteiger partial charge on any atom is 0.315 e. The molecule has 2 aromatic carbocycles. The van der Waals surface area contributed by atoms with Crippen LogP contribution >= 0.6 is 0 Å². The Morgan fingerprint density at radius 2 is 1.44 bits per heavy atom. The van der Waals surface area contributed by atoms with Crippen LogP contribution in [0.2, 0.25) is 0 Å². The minimum atomic E-state index is -1.14. The van der Waals surface area contributed by atoms with Gasteiger partial charge in [0.2, 0.25) is 5.91 Å². The number of rotatable bonds is 13. The van der Waals surface area contributed by atoms with Gasteiger partial charge in [-0.25, -0.2) is 9.69 Å². The van der Waals surface area contributed by atoms with Crippen LogP contribution in [0.1, 0.15) is 77.2 Å². The molecule has 0 aliphatic heterocycles. The highest BCUT2D eigenvalue weighted by Gasteiger charge is 2.37. The summed E-state index contributed by atoms with van der Waals surface area (Å²) in [6.07, 6.45) is -0.427. The molecule has 0 bridgehead atoms. The summed E-state index contributed by atoms with van der Waals surface area (Å²) in [6.45, 7) is 12.4. The summed E-state index contributed by atoms with van der Waals surface area (Å²) in [5, 5.41) is 16.1. The molecule has 2 unspecified atom stereocenters. The predicted molar refractivity (Wildman–Crippen MR) is 169 cm³/mol. The minimum absolute atomic E-state index is 0.0233. The molecular formula is C33H49N5O5. The van der Waals surface area contributed by atoms with E-state index in [1.54, 1.807) is 45.9 Å². The molecule has 4 amide bonds. The Balaban J connectivity index is 2.64. The van der Waals surface area contributed by atoms with Crippen molar-refractivity contribution in [3.63, 3.8) is 0 Å². The van der Waals surface area contributed by atoms with Gasteiger partial charge < -0.3 is 27.2 Å². The molecule has 2 aromatic rings. The van der Waals surface area contributed by atoms with Crippen LogP contribution in [0.3, 0.4) is 0 Å². The number of carbonyl (C=O) groups excluding carboxylic acids is 4. The van der Waals surface area contributed by atoms with E-state index in [-0.39, 0.29) is 30.0 Å². The van der Waals surface area contributed by atoms with Gasteiger partial charge >= 0.3 is 6.03 Å². The number of aliphatic hydroxyl groups excluding tert-OH is 1. The number of amides is 4. The van der Waals surface area contributed by atoms with Crippen molar-refractivity contribution >= 4 is 29.3 Å². The molecule has 10 heteroatoms. The van der Waals surface area contributed by atoms with Crippen molar-refractivity contribution in [1.82, 2.24) is 10.6 Å². The van der Waals surface area contributed by atoms with Gasteiger partial charge in [-0.3, -0.25) is 14.4 Å². The van der Waals surface area contributed by atoms with Crippen LogP contribution in [0.25, 0.3) is 0 Å². The Labute approximate surface area is 255 Å². The van der Waals surface area contributed by atoms with E-state index >= 15 is 0 Å². The van der Waals surface area contributed by atoms with Crippen LogP contribution in [-0.2, 0) is 16.0 Å². The number of carbonyl (C=O) groups is 4. The third-order valence-electron chi connectivity index (χ3n) is 6.93. The zero-order valence-corrected chi connectivity index (χ0v) is 26.5. The summed E-state index contributed by atoms with van der Waals surface area (Å²) in [5.41, 5.74) is 12.7. The number of imide groups is 1. The lowest BCUT2D eigenvalue weighted by Crippen LogP contribution is -2.55. The number of hydrogen-bond donors (Lipinski definition) is 5. The fourth-order valence-corrected chi connectivity index (χ4v) is 4.73. The number of nitrogens with zero attached hydrogens (tertiary/aromatic N) is 1. The summed E-state index contributed by atoms with van der Waals surface area (Å²) < 4.78 is 0. The lowest BCUT2D eigenvalue weighted by Gasteiger charge is -2.31. The first-order chi connectivity index (χ1) is 20.0. The molecule has 236 valence electrons. The largest absolute Gasteiger partial charge is 0.391 e. The number of urea groups is 1. The van der Waals surface area contributed by atoms with Crippen LogP contribution in [0.5, 0.6) is 0 Å². The second-order valence-corrected chi connectivity index (χ2v) is 12.7. The molecule has 7 N–H and O–H groups in total. The van der Waals surface area contributed by atoms with Gasteiger partial charge in [0.05, 0.1) is 17.8 Å². The molecule has 0 heterocycles. The molecule has 0 fully saturated rings. The molecular weight excluding hydrogens is 546 g/mol. The number of ketones is 1. The number of nitrogens with one attached hydrogen (secondary N) is 2. The highest BCUT2D eigenvalue weighted by atomic mass is 16.3. The van der Waals surface area contributed by atoms with Gasteiger partial charge in [0.1, 0.15) is 6.04 Å². The van der Waals surface area contributed by atoms with Crippen LogP contribution in [0, 0.1) is 11.8 Å². The van der Waals surface area contributed by atoms with E-state index in [4.69, 9.17) is 11.5 Å². The minimum Gasteiger partial charge on any atom is -0.391 e. The summed E-state index contributed by atoms with van der Waals surface area (Å²) in [7, 11) is 0. The van der Waals surface area contributed by atoms with Gasteiger partial charge in [0, 0.05) is 23.1 Å². The normalized spacial score (nSPS) is 15.1. The Kier molecular flexibility index (Phi) is 13.0. The second-order valence-electron chi connectivity index (χ2n) is 12.7. The zero-order chi connectivity index (χ0) is 32.5. The van der Waals surface area contributed by atoms with E-state index < -0.39 is 59.3 Å². The van der Waals surface area contributed by atoms with Gasteiger partial charge in [-0.2, -0.15) is 0 Å². The molecule has 0 radical (unpaired) electrons. The number of nitrogens with two attached hydrogens (primary N) is 2. The highest BCUT2D eigenvalue weighted by molar-refractivity contribution is 6.21. The van der Waals surface area contributed by atoms with Gasteiger partial charge in [0.25, 0.3) is 5.91 Å². The molecule has 2 rings (SSSR count). The molecule has 0 aliphatic rings. The molecule has 0 aliphatic carbocycles. The number of aliphatic hydroxyl groups is 1. The number of anilines is 1. The van der Waals surface area contributed by atoms with Crippen LogP contribution in [0.15, 0.2) is 54.6 Å². The highest BCUT2D eigenvalue weighted by Crippen LogP contribution is 2.28. The quantitative estimate of drug-likeness (QED) is 0.221. The monoisotopic (exact) mass is 595 g/mol. The molecule has 0 saturated heterocycles. The van der Waals surface area contributed by atoms with Crippen molar-refractivity contribution in [3.8, 4) is 0 Å². The molecule has 5 atom stereocenters. The average Bonchev–Trinajstić information content (AvgIpc) is 2.91. The van der Waals surface area contributed by atoms with Crippen molar-refractivity contribution < 1.29 is 24.3 Å². The molecule has 43 heavy (non-hydrogen) atoms. The van der Waals surface area contributed by atoms with Gasteiger partial charge in [-0.1, -0.05) is 56.3 Å². The third kappa shape index (κ3) is 10.9. The first-order valence-electron chi connectivity index (χ1n) is 14.8.